The molecule has 0 fully saturated rings. The van der Waals surface area contributed by atoms with Crippen LogP contribution in [0.25, 0.3) is 11.5 Å². The van der Waals surface area contributed by atoms with E-state index in [4.69, 9.17) is 9.63 Å². The van der Waals surface area contributed by atoms with E-state index < -0.39 is 5.97 Å². The van der Waals surface area contributed by atoms with Crippen molar-refractivity contribution in [3.8, 4) is 11.5 Å². The molecule has 0 aromatic carbocycles. The molecule has 6 nitrogen and oxygen atoms in total. The van der Waals surface area contributed by atoms with Crippen LogP contribution in [0.3, 0.4) is 0 Å². The van der Waals surface area contributed by atoms with Gasteiger partial charge < -0.3 is 9.63 Å². The largest absolute Gasteiger partial charge is 0.477 e. The monoisotopic (exact) mass is 191 g/mol. The van der Waals surface area contributed by atoms with Crippen LogP contribution in [-0.4, -0.2) is 26.4 Å². The second-order valence-electron chi connectivity index (χ2n) is 2.48. The standard InChI is InChI=1S/C8H5N3O3/c12-8(13)5-4-10-14-7(5)6-2-1-3-9-11-6/h1-4H,(H,12,13). The fourth-order valence-corrected chi connectivity index (χ4v) is 0.999. The van der Waals surface area contributed by atoms with Gasteiger partial charge >= 0.3 is 5.97 Å². The van der Waals surface area contributed by atoms with Crippen molar-refractivity contribution in [2.45, 2.75) is 0 Å². The molecule has 0 amide bonds. The van der Waals surface area contributed by atoms with E-state index in [1.165, 1.54) is 6.20 Å². The second-order valence-corrected chi connectivity index (χ2v) is 2.48. The molecule has 0 saturated heterocycles. The number of rotatable bonds is 2. The zero-order valence-electron chi connectivity index (χ0n) is 6.91. The second kappa shape index (κ2) is 3.25. The summed E-state index contributed by atoms with van der Waals surface area (Å²) in [6.45, 7) is 0. The van der Waals surface area contributed by atoms with Crippen LogP contribution >= 0.6 is 0 Å². The van der Waals surface area contributed by atoms with Crippen molar-refractivity contribution in [1.29, 1.82) is 0 Å². The zero-order valence-corrected chi connectivity index (χ0v) is 6.91. The van der Waals surface area contributed by atoms with Gasteiger partial charge in [-0.3, -0.25) is 0 Å². The summed E-state index contributed by atoms with van der Waals surface area (Å²) < 4.78 is 4.78. The van der Waals surface area contributed by atoms with Gasteiger partial charge in [0.25, 0.3) is 0 Å². The first kappa shape index (κ1) is 8.36. The number of carbonyl (C=O) groups is 1. The maximum Gasteiger partial charge on any atom is 0.341 e. The summed E-state index contributed by atoms with van der Waals surface area (Å²) in [7, 11) is 0. The molecule has 0 radical (unpaired) electrons. The minimum atomic E-state index is -1.10. The Bertz CT molecular complexity index is 452. The smallest absolute Gasteiger partial charge is 0.341 e. The number of hydrogen-bond acceptors (Lipinski definition) is 5. The Kier molecular flexibility index (Phi) is 1.94. The van der Waals surface area contributed by atoms with Gasteiger partial charge in [0.2, 0.25) is 5.76 Å². The van der Waals surface area contributed by atoms with Gasteiger partial charge in [0.1, 0.15) is 11.3 Å². The normalized spacial score (nSPS) is 10.0. The maximum absolute atomic E-state index is 10.7. The third-order valence-electron chi connectivity index (χ3n) is 1.61. The van der Waals surface area contributed by atoms with E-state index in [0.29, 0.717) is 5.69 Å². The minimum Gasteiger partial charge on any atom is -0.477 e. The van der Waals surface area contributed by atoms with Crippen LogP contribution in [0.4, 0.5) is 0 Å². The summed E-state index contributed by atoms with van der Waals surface area (Å²) in [5.74, 6) is -0.988. The zero-order chi connectivity index (χ0) is 9.97. The van der Waals surface area contributed by atoms with E-state index in [2.05, 4.69) is 15.4 Å². The van der Waals surface area contributed by atoms with E-state index in [1.54, 1.807) is 12.1 Å². The van der Waals surface area contributed by atoms with Crippen LogP contribution in [0.5, 0.6) is 0 Å². The Balaban J connectivity index is 2.52. The van der Waals surface area contributed by atoms with Crippen molar-refractivity contribution in [2.24, 2.45) is 0 Å². The minimum absolute atomic E-state index is 0.0227. The van der Waals surface area contributed by atoms with Crippen LogP contribution in [-0.2, 0) is 0 Å². The Hall–Kier alpha value is -2.24. The van der Waals surface area contributed by atoms with E-state index in [-0.39, 0.29) is 11.3 Å². The highest BCUT2D eigenvalue weighted by Crippen LogP contribution is 2.20. The van der Waals surface area contributed by atoms with Crippen molar-refractivity contribution in [3.63, 3.8) is 0 Å². The molecule has 6 heteroatoms. The number of carboxylic acid groups (broad SMARTS) is 1. The molecular weight excluding hydrogens is 186 g/mol. The van der Waals surface area contributed by atoms with Crippen molar-refractivity contribution in [2.75, 3.05) is 0 Å². The van der Waals surface area contributed by atoms with Gasteiger partial charge in [-0.2, -0.15) is 5.10 Å². The molecule has 0 aliphatic rings. The highest BCUT2D eigenvalue weighted by Gasteiger charge is 2.17. The SMILES string of the molecule is O=C(O)c1cnoc1-c1cccnn1. The molecule has 1 N–H and O–H groups in total. The van der Waals surface area contributed by atoms with Crippen molar-refractivity contribution >= 4 is 5.97 Å². The number of aromatic carboxylic acids is 1. The molecule has 0 atom stereocenters. The molecule has 2 aromatic rings. The van der Waals surface area contributed by atoms with E-state index in [1.807, 2.05) is 0 Å². The third-order valence-corrected chi connectivity index (χ3v) is 1.61. The predicted molar refractivity (Wildman–Crippen MR) is 44.5 cm³/mol. The van der Waals surface area contributed by atoms with Crippen LogP contribution in [0.15, 0.2) is 29.0 Å². The summed E-state index contributed by atoms with van der Waals surface area (Å²) >= 11 is 0. The van der Waals surface area contributed by atoms with E-state index >= 15 is 0 Å². The molecule has 0 saturated carbocycles. The molecule has 2 aromatic heterocycles. The van der Waals surface area contributed by atoms with Gasteiger partial charge in [0, 0.05) is 6.20 Å². The molecular formula is C8H5N3O3. The van der Waals surface area contributed by atoms with Gasteiger partial charge in [-0.15, -0.1) is 5.10 Å². The summed E-state index contributed by atoms with van der Waals surface area (Å²) in [5, 5.41) is 19.5. The summed E-state index contributed by atoms with van der Waals surface area (Å²) in [6.07, 6.45) is 2.62. The fourth-order valence-electron chi connectivity index (χ4n) is 0.999. The first-order chi connectivity index (χ1) is 6.79. The molecule has 0 bridgehead atoms. The Morgan fingerprint density at radius 1 is 1.50 bits per heavy atom. The Labute approximate surface area is 78.2 Å². The number of aromatic nitrogens is 3. The quantitative estimate of drug-likeness (QED) is 0.756. The molecule has 2 rings (SSSR count). The van der Waals surface area contributed by atoms with Crippen molar-refractivity contribution < 1.29 is 14.4 Å². The lowest BCUT2D eigenvalue weighted by Crippen LogP contribution is -1.97. The fraction of sp³-hybridized carbons (Fsp3) is 0. The Morgan fingerprint density at radius 3 is 3.00 bits per heavy atom. The number of nitrogens with zero attached hydrogens (tertiary/aromatic N) is 3. The first-order valence-electron chi connectivity index (χ1n) is 3.75. The van der Waals surface area contributed by atoms with Gasteiger partial charge in [-0.05, 0) is 12.1 Å². The third kappa shape index (κ3) is 1.33. The molecule has 70 valence electrons. The molecule has 14 heavy (non-hydrogen) atoms. The average molecular weight is 191 g/mol. The molecule has 0 aliphatic heterocycles. The summed E-state index contributed by atoms with van der Waals surface area (Å²) in [4.78, 5) is 10.7. The average Bonchev–Trinajstić information content (AvgIpc) is 2.67. The summed E-state index contributed by atoms with van der Waals surface area (Å²) in [5.41, 5.74) is 0.327. The molecule has 2 heterocycles. The van der Waals surface area contributed by atoms with Crippen molar-refractivity contribution in [3.05, 3.63) is 30.1 Å². The van der Waals surface area contributed by atoms with Crippen LogP contribution in [0.1, 0.15) is 10.4 Å². The van der Waals surface area contributed by atoms with Gasteiger partial charge in [0.05, 0.1) is 6.20 Å². The van der Waals surface area contributed by atoms with E-state index in [9.17, 15) is 4.79 Å². The topological polar surface area (TPSA) is 89.1 Å². The highest BCUT2D eigenvalue weighted by molar-refractivity contribution is 5.93. The van der Waals surface area contributed by atoms with Crippen LogP contribution < -0.4 is 0 Å². The number of hydrogen-bond donors (Lipinski definition) is 1. The Morgan fingerprint density at radius 2 is 2.36 bits per heavy atom. The number of carboxylic acids is 1. The van der Waals surface area contributed by atoms with E-state index in [0.717, 1.165) is 6.20 Å². The van der Waals surface area contributed by atoms with Crippen LogP contribution in [0, 0.1) is 0 Å². The van der Waals surface area contributed by atoms with Crippen LogP contribution in [0.2, 0.25) is 0 Å². The van der Waals surface area contributed by atoms with Gasteiger partial charge in [-0.1, -0.05) is 5.16 Å². The lowest BCUT2D eigenvalue weighted by atomic mass is 10.2. The summed E-state index contributed by atoms with van der Waals surface area (Å²) in [6, 6.07) is 3.23. The van der Waals surface area contributed by atoms with Crippen molar-refractivity contribution in [1.82, 2.24) is 15.4 Å². The lowest BCUT2D eigenvalue weighted by Gasteiger charge is -1.93. The molecule has 0 spiro atoms. The molecule has 0 aliphatic carbocycles. The highest BCUT2D eigenvalue weighted by atomic mass is 16.5. The predicted octanol–water partition coefficient (Wildman–Crippen LogP) is 0.830. The van der Waals surface area contributed by atoms with Gasteiger partial charge in [-0.25, -0.2) is 4.79 Å². The lowest BCUT2D eigenvalue weighted by molar-refractivity contribution is 0.0697. The van der Waals surface area contributed by atoms with Gasteiger partial charge in [0.15, 0.2) is 0 Å². The first-order valence-corrected chi connectivity index (χ1v) is 3.75. The molecule has 0 unspecified atom stereocenters. The maximum atomic E-state index is 10.7.